The predicted octanol–water partition coefficient (Wildman–Crippen LogP) is 4.35. The Morgan fingerprint density at radius 3 is 2.33 bits per heavy atom. The van der Waals surface area contributed by atoms with E-state index in [4.69, 9.17) is 0 Å². The Labute approximate surface area is 120 Å². The zero-order valence-electron chi connectivity index (χ0n) is 11.3. The van der Waals surface area contributed by atoms with Gasteiger partial charge in [-0.15, -0.1) is 0 Å². The van der Waals surface area contributed by atoms with Crippen molar-refractivity contribution in [3.05, 3.63) is 35.1 Å². The van der Waals surface area contributed by atoms with Gasteiger partial charge in [0, 0.05) is 0 Å². The van der Waals surface area contributed by atoms with Crippen LogP contribution in [0.25, 0.3) is 0 Å². The van der Waals surface area contributed by atoms with Gasteiger partial charge in [-0.25, -0.2) is 4.39 Å². The number of hydrogen-bond acceptors (Lipinski definition) is 2. The number of nitriles is 1. The highest BCUT2D eigenvalue weighted by Gasteiger charge is 2.41. The smallest absolute Gasteiger partial charge is 0.387 e. The van der Waals surface area contributed by atoms with Crippen LogP contribution < -0.4 is 0 Å². The molecular weight excluding hydrogens is 286 g/mol. The molecule has 0 aliphatic heterocycles. The van der Waals surface area contributed by atoms with Crippen molar-refractivity contribution in [1.29, 1.82) is 5.26 Å². The molecule has 0 heterocycles. The van der Waals surface area contributed by atoms with Gasteiger partial charge in [0.15, 0.2) is 0 Å². The molecule has 21 heavy (non-hydrogen) atoms. The molecule has 0 bridgehead atoms. The molecule has 1 fully saturated rings. The highest BCUT2D eigenvalue weighted by molar-refractivity contribution is 5.31. The number of hydrogen-bond donors (Lipinski definition) is 1. The summed E-state index contributed by atoms with van der Waals surface area (Å²) in [6.45, 7) is 0. The molecule has 1 aromatic rings. The number of rotatable bonds is 2. The first-order chi connectivity index (χ1) is 9.80. The van der Waals surface area contributed by atoms with E-state index in [0.717, 1.165) is 25.3 Å². The lowest BCUT2D eigenvalue weighted by Gasteiger charge is -2.35. The van der Waals surface area contributed by atoms with Gasteiger partial charge in [-0.05, 0) is 30.5 Å². The Bertz CT molecular complexity index is 556. The van der Waals surface area contributed by atoms with Crippen molar-refractivity contribution in [3.8, 4) is 6.07 Å². The molecule has 2 rings (SSSR count). The van der Waals surface area contributed by atoms with Crippen LogP contribution in [0.1, 0.15) is 49.3 Å². The molecule has 0 saturated heterocycles. The summed E-state index contributed by atoms with van der Waals surface area (Å²) < 4.78 is 51.5. The highest BCUT2D eigenvalue weighted by Crippen LogP contribution is 2.46. The number of aliphatic hydroxyl groups excluding tert-OH is 1. The largest absolute Gasteiger partial charge is 0.419 e. The van der Waals surface area contributed by atoms with Gasteiger partial charge in [-0.1, -0.05) is 25.3 Å². The monoisotopic (exact) mass is 301 g/mol. The fourth-order valence-electron chi connectivity index (χ4n) is 2.88. The Morgan fingerprint density at radius 1 is 1.19 bits per heavy atom. The normalized spacial score (nSPS) is 19.8. The maximum absolute atomic E-state index is 13.3. The van der Waals surface area contributed by atoms with E-state index in [1.807, 2.05) is 0 Å². The number of nitrogens with zero attached hydrogens (tertiary/aromatic N) is 1. The van der Waals surface area contributed by atoms with Crippen molar-refractivity contribution in [2.75, 3.05) is 0 Å². The van der Waals surface area contributed by atoms with E-state index < -0.39 is 29.1 Å². The van der Waals surface area contributed by atoms with Crippen LogP contribution >= 0.6 is 0 Å². The average molecular weight is 301 g/mol. The maximum Gasteiger partial charge on any atom is 0.419 e. The van der Waals surface area contributed by atoms with Gasteiger partial charge in [-0.2, -0.15) is 18.4 Å². The number of alkyl halides is 3. The second-order valence-electron chi connectivity index (χ2n) is 5.47. The van der Waals surface area contributed by atoms with Gasteiger partial charge < -0.3 is 5.11 Å². The summed E-state index contributed by atoms with van der Waals surface area (Å²) >= 11 is 0. The first-order valence-corrected chi connectivity index (χ1v) is 6.76. The van der Waals surface area contributed by atoms with Gasteiger partial charge in [0.2, 0.25) is 0 Å². The third kappa shape index (κ3) is 3.03. The highest BCUT2D eigenvalue weighted by atomic mass is 19.4. The van der Waals surface area contributed by atoms with Crippen molar-refractivity contribution in [1.82, 2.24) is 0 Å². The van der Waals surface area contributed by atoms with Crippen LogP contribution in [0.2, 0.25) is 0 Å². The Morgan fingerprint density at radius 2 is 1.81 bits per heavy atom. The second kappa shape index (κ2) is 5.64. The molecule has 0 spiro atoms. The van der Waals surface area contributed by atoms with Gasteiger partial charge in [0.05, 0.1) is 23.2 Å². The SMILES string of the molecule is N#CC1(C(O)c2ccc(F)c(C(F)(F)F)c2)CCCCC1. The van der Waals surface area contributed by atoms with Crippen LogP contribution in [0.5, 0.6) is 0 Å². The molecule has 1 aromatic carbocycles. The Balaban J connectivity index is 2.39. The molecule has 114 valence electrons. The molecule has 2 nitrogen and oxygen atoms in total. The topological polar surface area (TPSA) is 44.0 Å². The van der Waals surface area contributed by atoms with Crippen molar-refractivity contribution in [2.45, 2.75) is 44.4 Å². The first kappa shape index (κ1) is 15.8. The van der Waals surface area contributed by atoms with Crippen LogP contribution in [-0.2, 0) is 6.18 Å². The van der Waals surface area contributed by atoms with Crippen molar-refractivity contribution in [2.24, 2.45) is 5.41 Å². The fourth-order valence-corrected chi connectivity index (χ4v) is 2.88. The molecule has 0 aromatic heterocycles. The van der Waals surface area contributed by atoms with Crippen LogP contribution in [0, 0.1) is 22.6 Å². The van der Waals surface area contributed by atoms with E-state index in [9.17, 15) is 27.9 Å². The quantitative estimate of drug-likeness (QED) is 0.825. The molecular formula is C15H15F4NO. The third-order valence-electron chi connectivity index (χ3n) is 4.10. The minimum absolute atomic E-state index is 0.0628. The molecule has 1 saturated carbocycles. The zero-order valence-corrected chi connectivity index (χ0v) is 11.3. The summed E-state index contributed by atoms with van der Waals surface area (Å²) in [5.74, 6) is -1.38. The Kier molecular flexibility index (Phi) is 4.24. The van der Waals surface area contributed by atoms with E-state index in [0.29, 0.717) is 25.0 Å². The fraction of sp³-hybridized carbons (Fsp3) is 0.533. The first-order valence-electron chi connectivity index (χ1n) is 6.76. The van der Waals surface area contributed by atoms with E-state index in [1.54, 1.807) is 0 Å². The van der Waals surface area contributed by atoms with Crippen LogP contribution in [0.15, 0.2) is 18.2 Å². The zero-order chi connectivity index (χ0) is 15.7. The molecule has 1 unspecified atom stereocenters. The molecule has 0 radical (unpaired) electrons. The van der Waals surface area contributed by atoms with Crippen LogP contribution in [-0.4, -0.2) is 5.11 Å². The van der Waals surface area contributed by atoms with E-state index in [1.165, 1.54) is 0 Å². The summed E-state index contributed by atoms with van der Waals surface area (Å²) in [6, 6.07) is 4.47. The summed E-state index contributed by atoms with van der Waals surface area (Å²) in [5, 5.41) is 19.7. The molecule has 1 atom stereocenters. The van der Waals surface area contributed by atoms with E-state index in [-0.39, 0.29) is 5.56 Å². The molecule has 6 heteroatoms. The standard InChI is InChI=1S/C15H15F4NO/c16-12-5-4-10(8-11(12)15(17,18)19)13(21)14(9-20)6-2-1-3-7-14/h4-5,8,13,21H,1-3,6-7H2. The molecule has 0 amide bonds. The molecule has 1 aliphatic rings. The van der Waals surface area contributed by atoms with Crippen LogP contribution in [0.3, 0.4) is 0 Å². The summed E-state index contributed by atoms with van der Waals surface area (Å²) in [7, 11) is 0. The van der Waals surface area contributed by atoms with Gasteiger partial charge in [0.25, 0.3) is 0 Å². The molecule has 1 aliphatic carbocycles. The van der Waals surface area contributed by atoms with Gasteiger partial charge in [-0.3, -0.25) is 0 Å². The summed E-state index contributed by atoms with van der Waals surface area (Å²) in [4.78, 5) is 0. The summed E-state index contributed by atoms with van der Waals surface area (Å²) in [5.41, 5.74) is -2.56. The minimum Gasteiger partial charge on any atom is -0.387 e. The van der Waals surface area contributed by atoms with Gasteiger partial charge in [0.1, 0.15) is 5.82 Å². The third-order valence-corrected chi connectivity index (χ3v) is 4.10. The number of benzene rings is 1. The Hall–Kier alpha value is -1.61. The van der Waals surface area contributed by atoms with E-state index >= 15 is 0 Å². The van der Waals surface area contributed by atoms with E-state index in [2.05, 4.69) is 6.07 Å². The predicted molar refractivity (Wildman–Crippen MR) is 67.5 cm³/mol. The van der Waals surface area contributed by atoms with Crippen molar-refractivity contribution >= 4 is 0 Å². The lowest BCUT2D eigenvalue weighted by molar-refractivity contribution is -0.140. The summed E-state index contributed by atoms with van der Waals surface area (Å²) in [6.07, 6.45) is -2.87. The number of halogens is 4. The molecule has 1 N–H and O–H groups in total. The second-order valence-corrected chi connectivity index (χ2v) is 5.47. The lowest BCUT2D eigenvalue weighted by Crippen LogP contribution is -2.30. The van der Waals surface area contributed by atoms with Crippen molar-refractivity contribution in [3.63, 3.8) is 0 Å². The maximum atomic E-state index is 13.3. The average Bonchev–Trinajstić information content (AvgIpc) is 2.46. The van der Waals surface area contributed by atoms with Gasteiger partial charge >= 0.3 is 6.18 Å². The lowest BCUT2D eigenvalue weighted by atomic mass is 9.69. The van der Waals surface area contributed by atoms with Crippen LogP contribution in [0.4, 0.5) is 17.6 Å². The minimum atomic E-state index is -4.83. The number of aliphatic hydroxyl groups is 1. The van der Waals surface area contributed by atoms with Crippen molar-refractivity contribution < 1.29 is 22.7 Å².